The van der Waals surface area contributed by atoms with E-state index in [2.05, 4.69) is 32.9 Å². The maximum absolute atomic E-state index is 5.94. The molecule has 0 atom stereocenters. The van der Waals surface area contributed by atoms with Crippen molar-refractivity contribution in [2.45, 2.75) is 82.5 Å². The molecule has 0 saturated heterocycles. The molecule has 32 heavy (non-hydrogen) atoms. The fourth-order valence-corrected chi connectivity index (χ4v) is 4.84. The molecule has 1 heterocycles. The largest absolute Gasteiger partial charge is 0.385 e. The molecule has 0 amide bonds. The molecule has 2 fully saturated rings. The van der Waals surface area contributed by atoms with E-state index in [1.165, 1.54) is 56.9 Å². The number of benzene rings is 1. The predicted octanol–water partition coefficient (Wildman–Crippen LogP) is 5.98. The number of aromatic nitrogens is 2. The lowest BCUT2D eigenvalue weighted by Crippen LogP contribution is -2.28. The van der Waals surface area contributed by atoms with Crippen molar-refractivity contribution in [2.24, 2.45) is 16.2 Å². The maximum Gasteiger partial charge on any atom is 0.240 e. The molecule has 1 aromatic heterocycles. The van der Waals surface area contributed by atoms with Crippen molar-refractivity contribution < 1.29 is 9.26 Å². The number of halogens is 1. The van der Waals surface area contributed by atoms with Crippen LogP contribution in [0.5, 0.6) is 0 Å². The highest BCUT2D eigenvalue weighted by Crippen LogP contribution is 2.48. The molecule has 0 unspecified atom stereocenters. The first-order chi connectivity index (χ1) is 15.7. The quantitative estimate of drug-likeness (QED) is 0.240. The SMILES string of the molecule is N/C(=N\Cl)C1(c2nc(-c3cccc(CCCCCCOCC4CCCCC4)c3)no2)CC1. The van der Waals surface area contributed by atoms with Gasteiger partial charge in [-0.1, -0.05) is 55.5 Å². The van der Waals surface area contributed by atoms with Crippen LogP contribution in [0.25, 0.3) is 11.4 Å². The van der Waals surface area contributed by atoms with Crippen molar-refractivity contribution in [3.8, 4) is 11.4 Å². The first-order valence-electron chi connectivity index (χ1n) is 12.2. The van der Waals surface area contributed by atoms with Gasteiger partial charge in [0.1, 0.15) is 11.3 Å². The number of unbranched alkanes of at least 4 members (excludes halogenated alkanes) is 3. The Hall–Kier alpha value is -1.92. The van der Waals surface area contributed by atoms with Crippen LogP contribution in [-0.4, -0.2) is 29.2 Å². The van der Waals surface area contributed by atoms with Gasteiger partial charge in [-0.3, -0.25) is 0 Å². The van der Waals surface area contributed by atoms with Crippen LogP contribution in [-0.2, 0) is 16.6 Å². The average Bonchev–Trinajstić information content (AvgIpc) is 3.50. The van der Waals surface area contributed by atoms with Crippen LogP contribution in [0.2, 0.25) is 0 Å². The Morgan fingerprint density at radius 2 is 1.97 bits per heavy atom. The lowest BCUT2D eigenvalue weighted by Gasteiger charge is -2.21. The van der Waals surface area contributed by atoms with Gasteiger partial charge in [-0.15, -0.1) is 0 Å². The molecule has 0 radical (unpaired) electrons. The monoisotopic (exact) mass is 458 g/mol. The minimum absolute atomic E-state index is 0.350. The van der Waals surface area contributed by atoms with Crippen LogP contribution < -0.4 is 5.73 Å². The van der Waals surface area contributed by atoms with E-state index in [1.807, 2.05) is 6.07 Å². The fourth-order valence-electron chi connectivity index (χ4n) is 4.68. The van der Waals surface area contributed by atoms with Gasteiger partial charge in [0.25, 0.3) is 0 Å². The summed E-state index contributed by atoms with van der Waals surface area (Å²) >= 11 is 5.57. The Labute approximate surface area is 196 Å². The standard InChI is InChI=1S/C25H35ClN4O2/c26-29-23(27)25(14-15-25)24-28-22(30-32-24)21-13-8-12-19(17-21)9-4-1-2-7-16-31-18-20-10-5-3-6-11-20/h8,12-13,17,20H,1-7,9-11,14-16,18H2,(H2,27,29). The Kier molecular flexibility index (Phi) is 8.20. The second-order valence-electron chi connectivity index (χ2n) is 9.42. The smallest absolute Gasteiger partial charge is 0.240 e. The van der Waals surface area contributed by atoms with Crippen molar-refractivity contribution in [3.05, 3.63) is 35.7 Å². The van der Waals surface area contributed by atoms with Crippen LogP contribution in [0, 0.1) is 5.92 Å². The van der Waals surface area contributed by atoms with Crippen molar-refractivity contribution in [2.75, 3.05) is 13.2 Å². The molecule has 6 nitrogen and oxygen atoms in total. The average molecular weight is 459 g/mol. The lowest BCUT2D eigenvalue weighted by atomic mass is 9.90. The number of hydrogen-bond donors (Lipinski definition) is 1. The van der Waals surface area contributed by atoms with Gasteiger partial charge in [-0.2, -0.15) is 9.50 Å². The third kappa shape index (κ3) is 5.90. The van der Waals surface area contributed by atoms with E-state index in [9.17, 15) is 0 Å². The van der Waals surface area contributed by atoms with Gasteiger partial charge in [0, 0.05) is 30.6 Å². The van der Waals surface area contributed by atoms with Crippen molar-refractivity contribution in [1.82, 2.24) is 10.1 Å². The van der Waals surface area contributed by atoms with Crippen LogP contribution in [0.1, 0.15) is 82.1 Å². The van der Waals surface area contributed by atoms with Crippen LogP contribution in [0.3, 0.4) is 0 Å². The molecule has 2 aliphatic rings. The molecule has 0 bridgehead atoms. The zero-order chi connectivity index (χ0) is 22.2. The third-order valence-electron chi connectivity index (χ3n) is 6.93. The highest BCUT2D eigenvalue weighted by Gasteiger charge is 2.53. The summed E-state index contributed by atoms with van der Waals surface area (Å²) in [5.74, 6) is 2.26. The molecular formula is C25H35ClN4O2. The van der Waals surface area contributed by atoms with Crippen molar-refractivity contribution in [3.63, 3.8) is 0 Å². The number of aryl methyl sites for hydroxylation is 1. The van der Waals surface area contributed by atoms with Gasteiger partial charge in [-0.25, -0.2) is 0 Å². The highest BCUT2D eigenvalue weighted by atomic mass is 35.5. The zero-order valence-electron chi connectivity index (χ0n) is 18.9. The lowest BCUT2D eigenvalue weighted by molar-refractivity contribution is 0.0824. The summed E-state index contributed by atoms with van der Waals surface area (Å²) in [7, 11) is 0. The zero-order valence-corrected chi connectivity index (χ0v) is 19.7. The third-order valence-corrected chi connectivity index (χ3v) is 7.12. The number of amidine groups is 1. The van der Waals surface area contributed by atoms with E-state index in [-0.39, 0.29) is 0 Å². The number of nitrogens with zero attached hydrogens (tertiary/aromatic N) is 3. The molecule has 2 aromatic rings. The fraction of sp³-hybridized carbons (Fsp3) is 0.640. The predicted molar refractivity (Wildman–Crippen MR) is 128 cm³/mol. The Morgan fingerprint density at radius 1 is 1.16 bits per heavy atom. The van der Waals surface area contributed by atoms with E-state index in [0.717, 1.165) is 50.4 Å². The maximum atomic E-state index is 5.94. The first kappa shape index (κ1) is 23.2. The number of nitrogens with two attached hydrogens (primary N) is 1. The van der Waals surface area contributed by atoms with Crippen LogP contribution in [0.4, 0.5) is 0 Å². The molecular weight excluding hydrogens is 424 g/mol. The van der Waals surface area contributed by atoms with Crippen LogP contribution >= 0.6 is 11.8 Å². The van der Waals surface area contributed by atoms with Gasteiger partial charge in [0.05, 0.1) is 0 Å². The van der Waals surface area contributed by atoms with E-state index in [4.69, 9.17) is 26.8 Å². The minimum atomic E-state index is -0.468. The van der Waals surface area contributed by atoms with E-state index < -0.39 is 5.41 Å². The Morgan fingerprint density at radius 3 is 2.75 bits per heavy atom. The Bertz CT molecular complexity index is 888. The molecule has 2 saturated carbocycles. The van der Waals surface area contributed by atoms with E-state index in [1.54, 1.807) is 0 Å². The highest BCUT2D eigenvalue weighted by molar-refractivity contribution is 6.21. The molecule has 0 aliphatic heterocycles. The molecule has 7 heteroatoms. The van der Waals surface area contributed by atoms with Gasteiger partial charge in [0.2, 0.25) is 11.7 Å². The summed E-state index contributed by atoms with van der Waals surface area (Å²) < 4.78 is 15.0. The summed E-state index contributed by atoms with van der Waals surface area (Å²) in [5.41, 5.74) is 7.73. The summed E-state index contributed by atoms with van der Waals surface area (Å²) in [6, 6.07) is 8.39. The molecule has 1 aromatic carbocycles. The summed E-state index contributed by atoms with van der Waals surface area (Å²) in [5, 5.41) is 4.17. The number of ether oxygens (including phenoxy) is 1. The second-order valence-corrected chi connectivity index (χ2v) is 9.59. The number of rotatable bonds is 12. The molecule has 2 N–H and O–H groups in total. The minimum Gasteiger partial charge on any atom is -0.385 e. The topological polar surface area (TPSA) is 86.5 Å². The molecule has 0 spiro atoms. The summed E-state index contributed by atoms with van der Waals surface area (Å²) in [6.07, 6.45) is 14.4. The summed E-state index contributed by atoms with van der Waals surface area (Å²) in [4.78, 5) is 4.59. The Balaban J connectivity index is 1.17. The van der Waals surface area contributed by atoms with E-state index >= 15 is 0 Å². The van der Waals surface area contributed by atoms with Crippen LogP contribution in [0.15, 0.2) is 33.3 Å². The van der Waals surface area contributed by atoms with Gasteiger partial charge >= 0.3 is 0 Å². The molecule has 4 rings (SSSR count). The van der Waals surface area contributed by atoms with Gasteiger partial charge < -0.3 is 15.0 Å². The van der Waals surface area contributed by atoms with Crippen molar-refractivity contribution in [1.29, 1.82) is 0 Å². The second kappa shape index (κ2) is 11.3. The van der Waals surface area contributed by atoms with Gasteiger partial charge in [0.15, 0.2) is 0 Å². The molecule has 174 valence electrons. The number of hydrogen-bond acceptors (Lipinski definition) is 5. The van der Waals surface area contributed by atoms with Gasteiger partial charge in [-0.05, 0) is 62.5 Å². The van der Waals surface area contributed by atoms with E-state index in [0.29, 0.717) is 17.6 Å². The normalized spacial score (nSPS) is 18.7. The van der Waals surface area contributed by atoms with Crippen molar-refractivity contribution >= 4 is 17.6 Å². The summed E-state index contributed by atoms with van der Waals surface area (Å²) in [6.45, 7) is 1.88. The first-order valence-corrected chi connectivity index (χ1v) is 12.5. The molecule has 2 aliphatic carbocycles.